The predicted octanol–water partition coefficient (Wildman–Crippen LogP) is 17.5. The number of carboxylic acid groups (broad SMARTS) is 1. The lowest BCUT2D eigenvalue weighted by Crippen LogP contribution is -2.61. The molecule has 0 bridgehead atoms. The summed E-state index contributed by atoms with van der Waals surface area (Å²) in [6, 6.07) is 0. The van der Waals surface area contributed by atoms with E-state index in [0.29, 0.717) is 25.7 Å². The van der Waals surface area contributed by atoms with Gasteiger partial charge in [0.25, 0.3) is 0 Å². The number of hydrogen-bond donors (Lipinski definition) is 3. The Labute approximate surface area is 492 Å². The van der Waals surface area contributed by atoms with Crippen LogP contribution in [0.3, 0.4) is 0 Å². The minimum atomic E-state index is -1.91. The first-order valence-corrected chi connectivity index (χ1v) is 32.6. The molecule has 0 aromatic heterocycles. The quantitative estimate of drug-likeness (QED) is 0.0228. The number of carbonyl (C=O) groups is 4. The summed E-state index contributed by atoms with van der Waals surface area (Å²) < 4.78 is 28.5. The zero-order valence-electron chi connectivity index (χ0n) is 51.3. The van der Waals surface area contributed by atoms with Crippen LogP contribution in [0.1, 0.15) is 278 Å². The van der Waals surface area contributed by atoms with E-state index in [1.807, 2.05) is 6.08 Å². The van der Waals surface area contributed by atoms with Crippen LogP contribution in [0.2, 0.25) is 0 Å². The van der Waals surface area contributed by atoms with Crippen molar-refractivity contribution in [1.82, 2.24) is 0 Å². The second-order valence-electron chi connectivity index (χ2n) is 22.0. The van der Waals surface area contributed by atoms with E-state index in [2.05, 4.69) is 99.8 Å². The van der Waals surface area contributed by atoms with E-state index in [-0.39, 0.29) is 25.9 Å². The van der Waals surface area contributed by atoms with Crippen molar-refractivity contribution in [3.8, 4) is 0 Å². The van der Waals surface area contributed by atoms with Gasteiger partial charge >= 0.3 is 23.9 Å². The number of aliphatic hydroxyl groups excluding tert-OH is 2. The van der Waals surface area contributed by atoms with E-state index < -0.39 is 67.3 Å². The van der Waals surface area contributed by atoms with Crippen molar-refractivity contribution in [2.24, 2.45) is 0 Å². The molecule has 0 radical (unpaired) electrons. The molecular weight excluding hydrogens is 1020 g/mol. The highest BCUT2D eigenvalue weighted by atomic mass is 16.7. The molecule has 0 aliphatic carbocycles. The maximum absolute atomic E-state index is 13.2. The van der Waals surface area contributed by atoms with E-state index in [1.165, 1.54) is 122 Å². The first-order valence-electron chi connectivity index (χ1n) is 32.6. The van der Waals surface area contributed by atoms with Crippen molar-refractivity contribution in [2.75, 3.05) is 13.2 Å². The van der Waals surface area contributed by atoms with Gasteiger partial charge in [0.2, 0.25) is 0 Å². The Morgan fingerprint density at radius 3 is 1.25 bits per heavy atom. The van der Waals surface area contributed by atoms with Crippen LogP contribution >= 0.6 is 0 Å². The van der Waals surface area contributed by atoms with Crippen LogP contribution in [0.15, 0.2) is 85.1 Å². The maximum atomic E-state index is 13.2. The summed E-state index contributed by atoms with van der Waals surface area (Å²) in [4.78, 5) is 51.3. The fourth-order valence-electron chi connectivity index (χ4n) is 9.49. The average Bonchev–Trinajstić information content (AvgIpc) is 3.52. The average molecular weight is 1140 g/mol. The van der Waals surface area contributed by atoms with Crippen LogP contribution in [0.4, 0.5) is 0 Å². The van der Waals surface area contributed by atoms with Crippen molar-refractivity contribution in [1.29, 1.82) is 0 Å². The van der Waals surface area contributed by atoms with Gasteiger partial charge in [-0.25, -0.2) is 4.79 Å². The number of unbranched alkanes of at least 4 members (excludes halogenated alkanes) is 27. The third-order valence-electron chi connectivity index (χ3n) is 14.5. The van der Waals surface area contributed by atoms with Gasteiger partial charge in [0, 0.05) is 19.3 Å². The van der Waals surface area contributed by atoms with Gasteiger partial charge in [-0.15, -0.1) is 0 Å². The van der Waals surface area contributed by atoms with E-state index in [9.17, 15) is 34.5 Å². The van der Waals surface area contributed by atoms with Crippen molar-refractivity contribution < 1.29 is 58.2 Å². The van der Waals surface area contributed by atoms with Gasteiger partial charge in [-0.3, -0.25) is 14.4 Å². The van der Waals surface area contributed by atoms with Crippen molar-refractivity contribution in [3.63, 3.8) is 0 Å². The predicted molar refractivity (Wildman–Crippen MR) is 331 cm³/mol. The molecule has 6 atom stereocenters. The second-order valence-corrected chi connectivity index (χ2v) is 22.0. The van der Waals surface area contributed by atoms with E-state index in [0.717, 1.165) is 89.9 Å². The molecule has 1 fully saturated rings. The number of hydrogen-bond acceptors (Lipinski definition) is 11. The molecule has 1 heterocycles. The number of esters is 3. The van der Waals surface area contributed by atoms with Gasteiger partial charge in [0.05, 0.1) is 6.61 Å². The molecule has 0 aromatic carbocycles. The van der Waals surface area contributed by atoms with Gasteiger partial charge in [-0.2, -0.15) is 0 Å². The lowest BCUT2D eigenvalue weighted by atomic mass is 9.98. The number of ether oxygens (including phenoxy) is 5. The zero-order chi connectivity index (χ0) is 58.9. The zero-order valence-corrected chi connectivity index (χ0v) is 51.3. The van der Waals surface area contributed by atoms with Crippen LogP contribution in [-0.4, -0.2) is 89.2 Å². The Hall–Kier alpha value is -4.10. The highest BCUT2D eigenvalue weighted by Gasteiger charge is 2.50. The van der Waals surface area contributed by atoms with E-state index in [4.69, 9.17) is 23.7 Å². The number of allylic oxidation sites excluding steroid dienone is 14. The summed E-state index contributed by atoms with van der Waals surface area (Å²) in [7, 11) is 0. The molecule has 0 aromatic rings. The summed E-state index contributed by atoms with van der Waals surface area (Å²) in [5.74, 6) is -3.19. The molecule has 1 rings (SSSR count). The number of rotatable bonds is 55. The van der Waals surface area contributed by atoms with Crippen LogP contribution in [0.25, 0.3) is 0 Å². The number of carbonyl (C=O) groups excluding carboxylic acids is 3. The summed E-state index contributed by atoms with van der Waals surface area (Å²) in [5.41, 5.74) is 0. The third kappa shape index (κ3) is 46.0. The molecule has 81 heavy (non-hydrogen) atoms. The van der Waals surface area contributed by atoms with Crippen LogP contribution in [0.5, 0.6) is 0 Å². The Morgan fingerprint density at radius 1 is 0.420 bits per heavy atom. The second kappa shape index (κ2) is 56.4. The first kappa shape index (κ1) is 74.9. The Balaban J connectivity index is 2.69. The SMILES string of the molecule is CC/C=C\C/C=C\C/C=C\C/C=C\C/C=C\CCCC(=O)OC(COC(=O)CCCCCCCCCCC/C=C\C/C=C\CCCCC)COC1OC(C(=O)O)C(O)C(O)C1OC(=O)CCCCCCCCCCCCCCCCC. The van der Waals surface area contributed by atoms with Crippen molar-refractivity contribution in [2.45, 2.75) is 314 Å². The Kier molecular flexibility index (Phi) is 52.1. The first-order chi connectivity index (χ1) is 39.6. The molecule has 0 spiro atoms. The fourth-order valence-corrected chi connectivity index (χ4v) is 9.49. The van der Waals surface area contributed by atoms with Crippen LogP contribution in [-0.2, 0) is 42.9 Å². The van der Waals surface area contributed by atoms with Crippen molar-refractivity contribution >= 4 is 23.9 Å². The molecule has 1 aliphatic heterocycles. The Bertz CT molecular complexity index is 1730. The molecule has 0 amide bonds. The molecule has 1 aliphatic rings. The normalized spacial score (nSPS) is 18.3. The minimum Gasteiger partial charge on any atom is -0.479 e. The highest BCUT2D eigenvalue weighted by Crippen LogP contribution is 2.27. The number of aliphatic carboxylic acids is 1. The van der Waals surface area contributed by atoms with Gasteiger partial charge in [-0.1, -0.05) is 254 Å². The third-order valence-corrected chi connectivity index (χ3v) is 14.5. The number of aliphatic hydroxyl groups is 2. The molecule has 12 heteroatoms. The molecule has 0 saturated carbocycles. The van der Waals surface area contributed by atoms with Crippen molar-refractivity contribution in [3.05, 3.63) is 85.1 Å². The summed E-state index contributed by atoms with van der Waals surface area (Å²) in [6.07, 6.45) is 61.2. The topological polar surface area (TPSA) is 175 Å². The summed E-state index contributed by atoms with van der Waals surface area (Å²) in [5, 5.41) is 31.6. The lowest BCUT2D eigenvalue weighted by molar-refractivity contribution is -0.301. The van der Waals surface area contributed by atoms with Crippen LogP contribution < -0.4 is 0 Å². The lowest BCUT2D eigenvalue weighted by Gasteiger charge is -2.40. The van der Waals surface area contributed by atoms with Gasteiger partial charge in [0.15, 0.2) is 24.6 Å². The minimum absolute atomic E-state index is 0.0543. The molecule has 3 N–H and O–H groups in total. The fraction of sp³-hybridized carbons (Fsp3) is 0.739. The van der Waals surface area contributed by atoms with Gasteiger partial charge in [-0.05, 0) is 89.9 Å². The molecule has 12 nitrogen and oxygen atoms in total. The van der Waals surface area contributed by atoms with Crippen LogP contribution in [0, 0.1) is 0 Å². The monoisotopic (exact) mass is 1140 g/mol. The molecule has 6 unspecified atom stereocenters. The summed E-state index contributed by atoms with van der Waals surface area (Å²) in [6.45, 7) is 5.83. The highest BCUT2D eigenvalue weighted by molar-refractivity contribution is 5.74. The Morgan fingerprint density at radius 2 is 0.790 bits per heavy atom. The van der Waals surface area contributed by atoms with Gasteiger partial charge in [0.1, 0.15) is 18.8 Å². The molecule has 1 saturated heterocycles. The number of carboxylic acids is 1. The summed E-state index contributed by atoms with van der Waals surface area (Å²) >= 11 is 0. The molecular formula is C69H116O12. The maximum Gasteiger partial charge on any atom is 0.335 e. The smallest absolute Gasteiger partial charge is 0.335 e. The van der Waals surface area contributed by atoms with E-state index >= 15 is 0 Å². The standard InChI is InChI=1S/C69H116O12/c1-4-7-10-13-16-19-22-25-28-30-31-33-35-37-40-43-46-49-52-55-61(70)77-58-60(79-62(71)56-53-50-47-44-41-39-36-32-29-26-23-20-17-14-11-8-5-2)59-78-69-67(65(74)64(73)66(81-69)68(75)76)80-63(72)57-54-51-48-45-42-38-34-27-24-21-18-15-12-9-6-3/h8,11,16-17,19-20,25-26,28-29,36,39,44,47,60,64-67,69,73-74H,4-7,9-10,12-15,18,21-24,27,30-35,37-38,40-43,45-46,48-59H2,1-3H3,(H,75,76)/b11-8-,19-16-,20-17-,28-25-,29-26-,39-36-,47-44-. The molecule has 464 valence electrons. The van der Waals surface area contributed by atoms with Gasteiger partial charge < -0.3 is 39.0 Å². The van der Waals surface area contributed by atoms with E-state index in [1.54, 1.807) is 0 Å². The largest absolute Gasteiger partial charge is 0.479 e.